The van der Waals surface area contributed by atoms with Gasteiger partial charge in [-0.3, -0.25) is 0 Å². The lowest BCUT2D eigenvalue weighted by atomic mass is 10.2. The Morgan fingerprint density at radius 1 is 1.12 bits per heavy atom. The number of benzene rings is 1. The molecule has 1 aromatic heterocycles. The summed E-state index contributed by atoms with van der Waals surface area (Å²) in [6, 6.07) is 8.12. The molecule has 1 N–H and O–H groups in total. The molecule has 0 saturated carbocycles. The maximum absolute atomic E-state index is 5.52. The SMILES string of the molecule is Cc1cc(Br)c(NCc2ccc(C)o2)c(Br)c1. The van der Waals surface area contributed by atoms with Gasteiger partial charge in [-0.05, 0) is 75.5 Å². The van der Waals surface area contributed by atoms with Gasteiger partial charge in [0.15, 0.2) is 0 Å². The maximum Gasteiger partial charge on any atom is 0.123 e. The number of halogens is 2. The highest BCUT2D eigenvalue weighted by molar-refractivity contribution is 9.11. The summed E-state index contributed by atoms with van der Waals surface area (Å²) in [6.45, 7) is 4.69. The van der Waals surface area contributed by atoms with Crippen molar-refractivity contribution in [1.82, 2.24) is 0 Å². The summed E-state index contributed by atoms with van der Waals surface area (Å²) in [7, 11) is 0. The van der Waals surface area contributed by atoms with E-state index in [0.717, 1.165) is 26.2 Å². The first-order chi connectivity index (χ1) is 8.06. The first kappa shape index (κ1) is 12.7. The number of aryl methyl sites for hydroxylation is 2. The molecule has 1 aromatic carbocycles. The van der Waals surface area contributed by atoms with E-state index < -0.39 is 0 Å². The Labute approximate surface area is 118 Å². The zero-order chi connectivity index (χ0) is 12.4. The minimum Gasteiger partial charge on any atom is -0.465 e. The summed E-state index contributed by atoms with van der Waals surface area (Å²) in [4.78, 5) is 0. The highest BCUT2D eigenvalue weighted by Gasteiger charge is 2.06. The van der Waals surface area contributed by atoms with Crippen LogP contribution in [0.25, 0.3) is 0 Å². The van der Waals surface area contributed by atoms with Gasteiger partial charge in [0.2, 0.25) is 0 Å². The second-order valence-electron chi connectivity index (χ2n) is 3.97. The number of anilines is 1. The Morgan fingerprint density at radius 2 is 1.76 bits per heavy atom. The molecule has 0 fully saturated rings. The Kier molecular flexibility index (Phi) is 3.94. The van der Waals surface area contributed by atoms with Crippen LogP contribution in [0.4, 0.5) is 5.69 Å². The summed E-state index contributed by atoms with van der Waals surface area (Å²) < 4.78 is 7.61. The fourth-order valence-electron chi connectivity index (χ4n) is 1.62. The molecule has 4 heteroatoms. The van der Waals surface area contributed by atoms with Gasteiger partial charge in [-0.2, -0.15) is 0 Å². The van der Waals surface area contributed by atoms with Gasteiger partial charge < -0.3 is 9.73 Å². The zero-order valence-corrected chi connectivity index (χ0v) is 12.9. The summed E-state index contributed by atoms with van der Waals surface area (Å²) in [6.07, 6.45) is 0. The van der Waals surface area contributed by atoms with Gasteiger partial charge in [0.05, 0.1) is 12.2 Å². The van der Waals surface area contributed by atoms with Crippen LogP contribution >= 0.6 is 31.9 Å². The van der Waals surface area contributed by atoms with Crippen molar-refractivity contribution in [3.63, 3.8) is 0 Å². The molecule has 0 radical (unpaired) electrons. The number of furan rings is 1. The van der Waals surface area contributed by atoms with E-state index >= 15 is 0 Å². The van der Waals surface area contributed by atoms with Crippen molar-refractivity contribution in [2.24, 2.45) is 0 Å². The second kappa shape index (κ2) is 5.27. The average Bonchev–Trinajstić information content (AvgIpc) is 2.62. The monoisotopic (exact) mass is 357 g/mol. The molecule has 2 nitrogen and oxygen atoms in total. The largest absolute Gasteiger partial charge is 0.465 e. The van der Waals surface area contributed by atoms with Crippen LogP contribution < -0.4 is 5.32 Å². The lowest BCUT2D eigenvalue weighted by Crippen LogP contribution is -2.00. The highest BCUT2D eigenvalue weighted by atomic mass is 79.9. The van der Waals surface area contributed by atoms with E-state index in [2.05, 4.69) is 56.2 Å². The summed E-state index contributed by atoms with van der Waals surface area (Å²) in [5.74, 6) is 1.87. The van der Waals surface area contributed by atoms with E-state index in [1.54, 1.807) is 0 Å². The lowest BCUT2D eigenvalue weighted by Gasteiger charge is -2.10. The number of rotatable bonds is 3. The van der Waals surface area contributed by atoms with Crippen LogP contribution in [0.1, 0.15) is 17.1 Å². The molecule has 17 heavy (non-hydrogen) atoms. The summed E-state index contributed by atoms with van der Waals surface area (Å²) >= 11 is 7.11. The summed E-state index contributed by atoms with van der Waals surface area (Å²) in [5.41, 5.74) is 2.26. The van der Waals surface area contributed by atoms with Crippen molar-refractivity contribution >= 4 is 37.5 Å². The molecule has 0 unspecified atom stereocenters. The average molecular weight is 359 g/mol. The molecule has 0 aliphatic carbocycles. The number of hydrogen-bond acceptors (Lipinski definition) is 2. The molecule has 2 rings (SSSR count). The third kappa shape index (κ3) is 3.13. The van der Waals surface area contributed by atoms with Crippen LogP contribution in [-0.4, -0.2) is 0 Å². The zero-order valence-electron chi connectivity index (χ0n) is 9.68. The molecule has 0 atom stereocenters. The molecule has 0 saturated heterocycles. The molecule has 0 amide bonds. The highest BCUT2D eigenvalue weighted by Crippen LogP contribution is 2.32. The Balaban J connectivity index is 2.14. The topological polar surface area (TPSA) is 25.2 Å². The van der Waals surface area contributed by atoms with E-state index in [4.69, 9.17) is 4.42 Å². The third-order valence-corrected chi connectivity index (χ3v) is 3.67. The van der Waals surface area contributed by atoms with Crippen molar-refractivity contribution in [3.8, 4) is 0 Å². The van der Waals surface area contributed by atoms with Gasteiger partial charge in [-0.1, -0.05) is 0 Å². The smallest absolute Gasteiger partial charge is 0.123 e. The summed E-state index contributed by atoms with van der Waals surface area (Å²) in [5, 5.41) is 3.35. The van der Waals surface area contributed by atoms with Gasteiger partial charge in [0.1, 0.15) is 11.5 Å². The van der Waals surface area contributed by atoms with Crippen molar-refractivity contribution in [3.05, 3.63) is 50.3 Å². The van der Waals surface area contributed by atoms with E-state index in [1.807, 2.05) is 19.1 Å². The fraction of sp³-hybridized carbons (Fsp3) is 0.231. The molecule has 2 aromatic rings. The quantitative estimate of drug-likeness (QED) is 0.831. The van der Waals surface area contributed by atoms with Crippen LogP contribution in [0.15, 0.2) is 37.6 Å². The molecular formula is C13H13Br2NO. The van der Waals surface area contributed by atoms with Crippen molar-refractivity contribution < 1.29 is 4.42 Å². The van der Waals surface area contributed by atoms with Gasteiger partial charge >= 0.3 is 0 Å². The van der Waals surface area contributed by atoms with Crippen LogP contribution in [0.3, 0.4) is 0 Å². The predicted molar refractivity (Wildman–Crippen MR) is 77.4 cm³/mol. The molecule has 90 valence electrons. The van der Waals surface area contributed by atoms with Crippen molar-refractivity contribution in [1.29, 1.82) is 0 Å². The van der Waals surface area contributed by atoms with Crippen LogP contribution in [0, 0.1) is 13.8 Å². The molecule has 0 aliphatic rings. The van der Waals surface area contributed by atoms with E-state index in [1.165, 1.54) is 5.56 Å². The van der Waals surface area contributed by atoms with Gasteiger partial charge in [0.25, 0.3) is 0 Å². The second-order valence-corrected chi connectivity index (χ2v) is 5.68. The third-order valence-electron chi connectivity index (χ3n) is 2.42. The predicted octanol–water partition coefficient (Wildman–Crippen LogP) is 5.03. The number of hydrogen-bond donors (Lipinski definition) is 1. The van der Waals surface area contributed by atoms with Crippen molar-refractivity contribution in [2.45, 2.75) is 20.4 Å². The molecule has 0 bridgehead atoms. The standard InChI is InChI=1S/C13H13Br2NO/c1-8-5-11(14)13(12(15)6-8)16-7-10-4-3-9(2)17-10/h3-6,16H,7H2,1-2H3. The van der Waals surface area contributed by atoms with Gasteiger partial charge in [-0.25, -0.2) is 0 Å². The minimum absolute atomic E-state index is 0.675. The number of nitrogens with one attached hydrogen (secondary N) is 1. The fourth-order valence-corrected chi connectivity index (χ4v) is 3.32. The van der Waals surface area contributed by atoms with E-state index in [-0.39, 0.29) is 0 Å². The molecule has 0 aliphatic heterocycles. The first-order valence-corrected chi connectivity index (χ1v) is 6.89. The Morgan fingerprint density at radius 3 is 2.29 bits per heavy atom. The Hall–Kier alpha value is -0.740. The normalized spacial score (nSPS) is 10.6. The first-order valence-electron chi connectivity index (χ1n) is 5.31. The molecule has 0 spiro atoms. The van der Waals surface area contributed by atoms with Crippen LogP contribution in [0.5, 0.6) is 0 Å². The minimum atomic E-state index is 0.675. The van der Waals surface area contributed by atoms with E-state index in [0.29, 0.717) is 6.54 Å². The van der Waals surface area contributed by atoms with Crippen LogP contribution in [-0.2, 0) is 6.54 Å². The van der Waals surface area contributed by atoms with Crippen molar-refractivity contribution in [2.75, 3.05) is 5.32 Å². The van der Waals surface area contributed by atoms with Gasteiger partial charge in [0, 0.05) is 8.95 Å². The molecule has 1 heterocycles. The van der Waals surface area contributed by atoms with E-state index in [9.17, 15) is 0 Å². The molecular weight excluding hydrogens is 346 g/mol. The lowest BCUT2D eigenvalue weighted by molar-refractivity contribution is 0.490. The van der Waals surface area contributed by atoms with Gasteiger partial charge in [-0.15, -0.1) is 0 Å². The maximum atomic E-state index is 5.52. The Bertz CT molecular complexity index is 511. The van der Waals surface area contributed by atoms with Crippen LogP contribution in [0.2, 0.25) is 0 Å².